The van der Waals surface area contributed by atoms with Gasteiger partial charge in [0, 0.05) is 18.3 Å². The molecule has 1 aliphatic heterocycles. The number of rotatable bonds is 0. The molecule has 16 heavy (non-hydrogen) atoms. The SMILES string of the molecule is C=C1C(=O)CCC2(C)C1CCC21OCCO1. The summed E-state index contributed by atoms with van der Waals surface area (Å²) in [5.41, 5.74) is 0.749. The summed E-state index contributed by atoms with van der Waals surface area (Å²) in [4.78, 5) is 11.7. The zero-order valence-electron chi connectivity index (χ0n) is 9.75. The van der Waals surface area contributed by atoms with Crippen LogP contribution >= 0.6 is 0 Å². The minimum atomic E-state index is -0.429. The molecule has 3 nitrogen and oxygen atoms in total. The third-order valence-corrected chi connectivity index (χ3v) is 4.81. The Morgan fingerprint density at radius 3 is 2.69 bits per heavy atom. The molecule has 88 valence electrons. The van der Waals surface area contributed by atoms with E-state index >= 15 is 0 Å². The van der Waals surface area contributed by atoms with E-state index in [-0.39, 0.29) is 17.1 Å². The van der Waals surface area contributed by atoms with Crippen LogP contribution in [0.25, 0.3) is 0 Å². The molecule has 0 amide bonds. The van der Waals surface area contributed by atoms with Crippen LogP contribution in [0.3, 0.4) is 0 Å². The molecule has 0 aromatic heterocycles. The number of carbonyl (C=O) groups is 1. The van der Waals surface area contributed by atoms with Crippen LogP contribution in [0.2, 0.25) is 0 Å². The summed E-state index contributed by atoms with van der Waals surface area (Å²) in [5, 5.41) is 0. The maximum atomic E-state index is 11.7. The maximum Gasteiger partial charge on any atom is 0.174 e. The molecular weight excluding hydrogens is 204 g/mol. The number of fused-ring (bicyclic) bond motifs is 2. The van der Waals surface area contributed by atoms with Crippen LogP contribution in [-0.4, -0.2) is 24.8 Å². The predicted molar refractivity (Wildman–Crippen MR) is 58.8 cm³/mol. The first-order valence-electron chi connectivity index (χ1n) is 6.09. The number of ether oxygens (including phenoxy) is 2. The van der Waals surface area contributed by atoms with Crippen molar-refractivity contribution in [3.8, 4) is 0 Å². The molecule has 3 aliphatic rings. The van der Waals surface area contributed by atoms with Crippen molar-refractivity contribution in [1.82, 2.24) is 0 Å². The van der Waals surface area contributed by atoms with Gasteiger partial charge in [-0.25, -0.2) is 0 Å². The molecule has 3 rings (SSSR count). The van der Waals surface area contributed by atoms with Crippen molar-refractivity contribution in [2.75, 3.05) is 13.2 Å². The van der Waals surface area contributed by atoms with Crippen molar-refractivity contribution in [2.45, 2.75) is 38.4 Å². The Kier molecular flexibility index (Phi) is 2.08. The van der Waals surface area contributed by atoms with E-state index in [9.17, 15) is 4.79 Å². The quantitative estimate of drug-likeness (QED) is 0.588. The van der Waals surface area contributed by atoms with Crippen LogP contribution in [-0.2, 0) is 14.3 Å². The monoisotopic (exact) mass is 222 g/mol. The third-order valence-electron chi connectivity index (χ3n) is 4.81. The number of Topliss-reactive ketones (excluding diaryl/α,β-unsaturated/α-hetero) is 1. The van der Waals surface area contributed by atoms with Crippen molar-refractivity contribution in [2.24, 2.45) is 11.3 Å². The summed E-state index contributed by atoms with van der Waals surface area (Å²) in [7, 11) is 0. The maximum absolute atomic E-state index is 11.7. The van der Waals surface area contributed by atoms with Crippen molar-refractivity contribution >= 4 is 5.78 Å². The van der Waals surface area contributed by atoms with Gasteiger partial charge in [0.05, 0.1) is 13.2 Å². The Morgan fingerprint density at radius 2 is 2.00 bits per heavy atom. The summed E-state index contributed by atoms with van der Waals surface area (Å²) < 4.78 is 11.8. The minimum absolute atomic E-state index is 0.0471. The van der Waals surface area contributed by atoms with Crippen molar-refractivity contribution < 1.29 is 14.3 Å². The first-order valence-corrected chi connectivity index (χ1v) is 6.09. The van der Waals surface area contributed by atoms with E-state index in [0.717, 1.165) is 24.8 Å². The summed E-state index contributed by atoms with van der Waals surface area (Å²) in [6.45, 7) is 7.55. The van der Waals surface area contributed by atoms with Gasteiger partial charge >= 0.3 is 0 Å². The number of carbonyl (C=O) groups excluding carboxylic acids is 1. The molecule has 2 saturated carbocycles. The normalized spacial score (nSPS) is 41.7. The summed E-state index contributed by atoms with van der Waals surface area (Å²) in [6.07, 6.45) is 3.34. The van der Waals surface area contributed by atoms with Gasteiger partial charge in [-0.1, -0.05) is 13.5 Å². The lowest BCUT2D eigenvalue weighted by atomic mass is 9.65. The van der Waals surface area contributed by atoms with E-state index in [1.54, 1.807) is 0 Å². The number of allylic oxidation sites excluding steroid dienone is 1. The standard InChI is InChI=1S/C13H18O3/c1-9-10-3-6-13(15-7-8-16-13)12(10,2)5-4-11(9)14/h10H,1,3-8H2,2H3. The fraction of sp³-hybridized carbons (Fsp3) is 0.769. The molecule has 3 fully saturated rings. The van der Waals surface area contributed by atoms with Gasteiger partial charge in [0.25, 0.3) is 0 Å². The highest BCUT2D eigenvalue weighted by Crippen LogP contribution is 2.61. The molecule has 2 atom stereocenters. The summed E-state index contributed by atoms with van der Waals surface area (Å²) in [5.74, 6) is 0.0609. The fourth-order valence-electron chi connectivity index (χ4n) is 3.78. The molecule has 0 N–H and O–H groups in total. The largest absolute Gasteiger partial charge is 0.347 e. The van der Waals surface area contributed by atoms with Crippen molar-refractivity contribution in [1.29, 1.82) is 0 Å². The van der Waals surface area contributed by atoms with E-state index in [1.807, 2.05) is 0 Å². The number of hydrogen-bond acceptors (Lipinski definition) is 3. The van der Waals surface area contributed by atoms with Gasteiger partial charge in [-0.15, -0.1) is 0 Å². The van der Waals surface area contributed by atoms with E-state index in [0.29, 0.717) is 19.6 Å². The van der Waals surface area contributed by atoms with E-state index in [4.69, 9.17) is 9.47 Å². The third kappa shape index (κ3) is 1.08. The second-order valence-electron chi connectivity index (χ2n) is 5.41. The van der Waals surface area contributed by atoms with Gasteiger partial charge in [0.15, 0.2) is 11.6 Å². The average molecular weight is 222 g/mol. The van der Waals surface area contributed by atoms with E-state index < -0.39 is 5.79 Å². The molecule has 3 heteroatoms. The van der Waals surface area contributed by atoms with Crippen LogP contribution in [0, 0.1) is 11.3 Å². The Hall–Kier alpha value is -0.670. The van der Waals surface area contributed by atoms with Crippen molar-refractivity contribution in [3.63, 3.8) is 0 Å². The molecule has 0 radical (unpaired) electrons. The van der Waals surface area contributed by atoms with Crippen LogP contribution in [0.5, 0.6) is 0 Å². The van der Waals surface area contributed by atoms with Gasteiger partial charge in [-0.3, -0.25) is 4.79 Å². The second-order valence-corrected chi connectivity index (χ2v) is 5.41. The van der Waals surface area contributed by atoms with Crippen LogP contribution in [0.1, 0.15) is 32.6 Å². The highest BCUT2D eigenvalue weighted by Gasteiger charge is 2.63. The Balaban J connectivity index is 1.99. The highest BCUT2D eigenvalue weighted by atomic mass is 16.7. The molecular formula is C13H18O3. The molecule has 1 heterocycles. The first kappa shape index (κ1) is 10.5. The highest BCUT2D eigenvalue weighted by molar-refractivity contribution is 5.96. The Bertz CT molecular complexity index is 354. The lowest BCUT2D eigenvalue weighted by Crippen LogP contribution is -2.49. The number of hydrogen-bond donors (Lipinski definition) is 0. The fourth-order valence-corrected chi connectivity index (χ4v) is 3.78. The lowest BCUT2D eigenvalue weighted by molar-refractivity contribution is -0.226. The molecule has 2 unspecified atom stereocenters. The van der Waals surface area contributed by atoms with E-state index in [1.165, 1.54) is 0 Å². The van der Waals surface area contributed by atoms with Gasteiger partial charge in [0.1, 0.15) is 0 Å². The van der Waals surface area contributed by atoms with Gasteiger partial charge in [0.2, 0.25) is 0 Å². The van der Waals surface area contributed by atoms with Gasteiger partial charge in [-0.2, -0.15) is 0 Å². The first-order chi connectivity index (χ1) is 7.59. The average Bonchev–Trinajstić information content (AvgIpc) is 2.84. The lowest BCUT2D eigenvalue weighted by Gasteiger charge is -2.45. The minimum Gasteiger partial charge on any atom is -0.347 e. The smallest absolute Gasteiger partial charge is 0.174 e. The van der Waals surface area contributed by atoms with Crippen molar-refractivity contribution in [3.05, 3.63) is 12.2 Å². The van der Waals surface area contributed by atoms with E-state index in [2.05, 4.69) is 13.5 Å². The molecule has 2 aliphatic carbocycles. The van der Waals surface area contributed by atoms with Gasteiger partial charge in [-0.05, 0) is 24.3 Å². The second kappa shape index (κ2) is 3.17. The Labute approximate surface area is 95.8 Å². The van der Waals surface area contributed by atoms with Crippen LogP contribution in [0.4, 0.5) is 0 Å². The topological polar surface area (TPSA) is 35.5 Å². The number of ketones is 1. The zero-order chi connectivity index (χ0) is 11.4. The summed E-state index contributed by atoms with van der Waals surface area (Å²) >= 11 is 0. The molecule has 0 aromatic carbocycles. The molecule has 1 saturated heterocycles. The molecule has 1 spiro atoms. The predicted octanol–water partition coefficient (Wildman–Crippen LogP) is 2.06. The van der Waals surface area contributed by atoms with Gasteiger partial charge < -0.3 is 9.47 Å². The molecule has 0 aromatic rings. The van der Waals surface area contributed by atoms with Crippen LogP contribution in [0.15, 0.2) is 12.2 Å². The zero-order valence-corrected chi connectivity index (χ0v) is 9.75. The Morgan fingerprint density at radius 1 is 1.31 bits per heavy atom. The van der Waals surface area contributed by atoms with Crippen LogP contribution < -0.4 is 0 Å². The molecule has 0 bridgehead atoms. The summed E-state index contributed by atoms with van der Waals surface area (Å²) in [6, 6.07) is 0.